The summed E-state index contributed by atoms with van der Waals surface area (Å²) in [6.45, 7) is 2.25. The Balaban J connectivity index is 1.99. The van der Waals surface area contributed by atoms with Gasteiger partial charge in [-0.2, -0.15) is 0 Å². The highest BCUT2D eigenvalue weighted by Gasteiger charge is 2.12. The van der Waals surface area contributed by atoms with Crippen LogP contribution in [0.5, 0.6) is 0 Å². The second kappa shape index (κ2) is 8.98. The van der Waals surface area contributed by atoms with Crippen LogP contribution >= 0.6 is 15.9 Å². The first-order valence-electron chi connectivity index (χ1n) is 7.91. The monoisotopic (exact) mass is 349 g/mol. The number of unbranched alkanes of at least 4 members (excludes halogenated alkanes) is 5. The molecule has 2 aromatic rings. The molecule has 0 spiro atoms. The first-order valence-corrected chi connectivity index (χ1v) is 9.03. The number of halogens is 1. The Morgan fingerprint density at radius 3 is 2.29 bits per heavy atom. The minimum Gasteiger partial charge on any atom is -0.282 e. The van der Waals surface area contributed by atoms with Gasteiger partial charge in [0, 0.05) is 12.1 Å². The SMILES string of the molecule is CCCCCCCCc1nnc(CBr)n1-c1ccccc1. The van der Waals surface area contributed by atoms with Crippen LogP contribution in [0.3, 0.4) is 0 Å². The first kappa shape index (κ1) is 16.2. The van der Waals surface area contributed by atoms with Gasteiger partial charge in [-0.05, 0) is 18.6 Å². The molecule has 0 N–H and O–H groups in total. The molecule has 1 aromatic heterocycles. The van der Waals surface area contributed by atoms with E-state index < -0.39 is 0 Å². The van der Waals surface area contributed by atoms with Gasteiger partial charge in [0.1, 0.15) is 11.6 Å². The second-order valence-electron chi connectivity index (χ2n) is 5.35. The predicted octanol–water partition coefficient (Wildman–Crippen LogP) is 5.07. The lowest BCUT2D eigenvalue weighted by molar-refractivity contribution is 0.598. The van der Waals surface area contributed by atoms with Gasteiger partial charge in [-0.15, -0.1) is 10.2 Å². The molecule has 0 saturated heterocycles. The molecule has 3 nitrogen and oxygen atoms in total. The molecule has 1 aromatic carbocycles. The third-order valence-corrected chi connectivity index (χ3v) is 4.19. The van der Waals surface area contributed by atoms with E-state index in [9.17, 15) is 0 Å². The van der Waals surface area contributed by atoms with Crippen molar-refractivity contribution in [1.82, 2.24) is 14.8 Å². The van der Waals surface area contributed by atoms with Crippen LogP contribution in [0.25, 0.3) is 5.69 Å². The maximum Gasteiger partial charge on any atom is 0.148 e. The van der Waals surface area contributed by atoms with Crippen molar-refractivity contribution in [2.45, 2.75) is 57.2 Å². The van der Waals surface area contributed by atoms with E-state index in [4.69, 9.17) is 0 Å². The number of aromatic nitrogens is 3. The summed E-state index contributed by atoms with van der Waals surface area (Å²) in [5.41, 5.74) is 1.15. The highest BCUT2D eigenvalue weighted by atomic mass is 79.9. The molecule has 2 rings (SSSR count). The normalized spacial score (nSPS) is 11.0. The van der Waals surface area contributed by atoms with Crippen LogP contribution in [0, 0.1) is 0 Å². The third-order valence-electron chi connectivity index (χ3n) is 3.68. The topological polar surface area (TPSA) is 30.7 Å². The van der Waals surface area contributed by atoms with E-state index in [2.05, 4.69) is 61.9 Å². The lowest BCUT2D eigenvalue weighted by Crippen LogP contribution is -2.04. The number of aryl methyl sites for hydroxylation is 1. The highest BCUT2D eigenvalue weighted by molar-refractivity contribution is 9.08. The molecule has 114 valence electrons. The van der Waals surface area contributed by atoms with Gasteiger partial charge in [-0.3, -0.25) is 4.57 Å². The number of rotatable bonds is 9. The molecule has 0 fully saturated rings. The average Bonchev–Trinajstić information content (AvgIpc) is 2.94. The number of nitrogens with zero attached hydrogens (tertiary/aromatic N) is 3. The number of benzene rings is 1. The van der Waals surface area contributed by atoms with Crippen molar-refractivity contribution >= 4 is 15.9 Å². The van der Waals surface area contributed by atoms with Gasteiger partial charge in [0.15, 0.2) is 0 Å². The molecule has 0 bridgehead atoms. The van der Waals surface area contributed by atoms with Gasteiger partial charge >= 0.3 is 0 Å². The van der Waals surface area contributed by atoms with E-state index in [0.29, 0.717) is 0 Å². The molecule has 0 amide bonds. The molecule has 1 heterocycles. The standard InChI is InChI=1S/C17H24BrN3/c1-2-3-4-5-6-10-13-16-19-20-17(14-18)21(16)15-11-8-7-9-12-15/h7-9,11-12H,2-6,10,13-14H2,1H3. The van der Waals surface area contributed by atoms with Crippen LogP contribution < -0.4 is 0 Å². The summed E-state index contributed by atoms with van der Waals surface area (Å²) in [6.07, 6.45) is 8.82. The first-order chi connectivity index (χ1) is 10.4. The maximum absolute atomic E-state index is 4.38. The molecule has 0 aliphatic heterocycles. The molecule has 0 saturated carbocycles. The summed E-state index contributed by atoms with van der Waals surface area (Å²) >= 11 is 3.51. The van der Waals surface area contributed by atoms with E-state index in [1.54, 1.807) is 0 Å². The summed E-state index contributed by atoms with van der Waals surface area (Å²) in [5, 5.41) is 9.41. The summed E-state index contributed by atoms with van der Waals surface area (Å²) in [6, 6.07) is 10.4. The van der Waals surface area contributed by atoms with Crippen LogP contribution in [0.4, 0.5) is 0 Å². The van der Waals surface area contributed by atoms with Gasteiger partial charge in [-0.1, -0.05) is 73.2 Å². The van der Waals surface area contributed by atoms with E-state index in [1.165, 1.54) is 38.5 Å². The molecule has 0 atom stereocenters. The van der Waals surface area contributed by atoms with Gasteiger partial charge in [0.05, 0.1) is 5.33 Å². The number of para-hydroxylation sites is 1. The fourth-order valence-corrected chi connectivity index (χ4v) is 2.90. The van der Waals surface area contributed by atoms with Crippen molar-refractivity contribution in [1.29, 1.82) is 0 Å². The Hall–Kier alpha value is -1.16. The van der Waals surface area contributed by atoms with Crippen molar-refractivity contribution in [3.8, 4) is 5.69 Å². The minimum absolute atomic E-state index is 0.728. The molecule has 0 aliphatic rings. The molecule has 0 radical (unpaired) electrons. The van der Waals surface area contributed by atoms with Gasteiger partial charge in [0.2, 0.25) is 0 Å². The van der Waals surface area contributed by atoms with E-state index in [-0.39, 0.29) is 0 Å². The second-order valence-corrected chi connectivity index (χ2v) is 5.92. The molecule has 4 heteroatoms. The predicted molar refractivity (Wildman–Crippen MR) is 91.1 cm³/mol. The van der Waals surface area contributed by atoms with E-state index in [0.717, 1.165) is 29.1 Å². The zero-order chi connectivity index (χ0) is 14.9. The lowest BCUT2D eigenvalue weighted by Gasteiger charge is -2.09. The molecular formula is C17H24BrN3. The Morgan fingerprint density at radius 2 is 1.57 bits per heavy atom. The average molecular weight is 350 g/mol. The van der Waals surface area contributed by atoms with Gasteiger partial charge < -0.3 is 0 Å². The summed E-state index contributed by atoms with van der Waals surface area (Å²) in [5.74, 6) is 2.05. The Morgan fingerprint density at radius 1 is 0.905 bits per heavy atom. The quantitative estimate of drug-likeness (QED) is 0.467. The molecule has 0 aliphatic carbocycles. The van der Waals surface area contributed by atoms with E-state index in [1.807, 2.05) is 6.07 Å². The van der Waals surface area contributed by atoms with Crippen molar-refractivity contribution in [3.05, 3.63) is 42.0 Å². The van der Waals surface area contributed by atoms with Crippen LogP contribution in [-0.2, 0) is 11.8 Å². The fraction of sp³-hybridized carbons (Fsp3) is 0.529. The molecule has 0 unspecified atom stereocenters. The maximum atomic E-state index is 4.38. The highest BCUT2D eigenvalue weighted by Crippen LogP contribution is 2.17. The fourth-order valence-electron chi connectivity index (χ4n) is 2.54. The van der Waals surface area contributed by atoms with Crippen molar-refractivity contribution in [2.24, 2.45) is 0 Å². The number of hydrogen-bond donors (Lipinski definition) is 0. The van der Waals surface area contributed by atoms with Gasteiger partial charge in [-0.25, -0.2) is 0 Å². The van der Waals surface area contributed by atoms with Crippen LogP contribution in [0.2, 0.25) is 0 Å². The zero-order valence-electron chi connectivity index (χ0n) is 12.8. The summed E-state index contributed by atoms with van der Waals surface area (Å²) in [7, 11) is 0. The molecular weight excluding hydrogens is 326 g/mol. The number of hydrogen-bond acceptors (Lipinski definition) is 2. The third kappa shape index (κ3) is 4.67. The van der Waals surface area contributed by atoms with Crippen molar-refractivity contribution in [2.75, 3.05) is 0 Å². The Bertz CT molecular complexity index is 522. The summed E-state index contributed by atoms with van der Waals surface area (Å²) in [4.78, 5) is 0. The summed E-state index contributed by atoms with van der Waals surface area (Å²) < 4.78 is 2.18. The largest absolute Gasteiger partial charge is 0.282 e. The van der Waals surface area contributed by atoms with Crippen molar-refractivity contribution in [3.63, 3.8) is 0 Å². The Labute approximate surface area is 135 Å². The van der Waals surface area contributed by atoms with Crippen LogP contribution in [-0.4, -0.2) is 14.8 Å². The lowest BCUT2D eigenvalue weighted by atomic mass is 10.1. The number of alkyl halides is 1. The van der Waals surface area contributed by atoms with Crippen molar-refractivity contribution < 1.29 is 0 Å². The zero-order valence-corrected chi connectivity index (χ0v) is 14.3. The van der Waals surface area contributed by atoms with Gasteiger partial charge in [0.25, 0.3) is 0 Å². The van der Waals surface area contributed by atoms with E-state index >= 15 is 0 Å². The van der Waals surface area contributed by atoms with Crippen LogP contribution in [0.1, 0.15) is 57.1 Å². The molecule has 21 heavy (non-hydrogen) atoms. The smallest absolute Gasteiger partial charge is 0.148 e. The Kier molecular flexibility index (Phi) is 6.93. The van der Waals surface area contributed by atoms with Crippen LogP contribution in [0.15, 0.2) is 30.3 Å². The minimum atomic E-state index is 0.728.